The van der Waals surface area contributed by atoms with Gasteiger partial charge in [-0.1, -0.05) is 6.42 Å². The molecule has 2 unspecified atom stereocenters. The number of halogens is 3. The molecule has 0 aromatic rings. The monoisotopic (exact) mass is 246 g/mol. The zero-order valence-corrected chi connectivity index (χ0v) is 10.3. The predicted molar refractivity (Wildman–Crippen MR) is 57.5 cm³/mol. The van der Waals surface area contributed by atoms with Crippen molar-refractivity contribution in [2.45, 2.75) is 43.9 Å². The van der Waals surface area contributed by atoms with Gasteiger partial charge in [0.25, 0.3) is 5.92 Å². The topological polar surface area (TPSA) is 79.2 Å². The molecule has 3 nitrogen and oxygen atoms in total. The second kappa shape index (κ2) is 7.21. The molecule has 0 bridgehead atoms. The maximum Gasteiger partial charge on any atom is 0.278 e. The largest absolute Gasteiger partial charge is 0.420 e. The highest BCUT2D eigenvalue weighted by atomic mass is 28.3. The molecule has 0 radical (unpaired) electrons. The molecule has 94 valence electrons. The van der Waals surface area contributed by atoms with Crippen molar-refractivity contribution < 1.29 is 17.6 Å². The molecule has 0 aromatic heterocycles. The van der Waals surface area contributed by atoms with Gasteiger partial charge in [0.05, 0.1) is 0 Å². The molecule has 1 aliphatic rings. The second-order valence-electron chi connectivity index (χ2n) is 3.57. The number of rotatable bonds is 3. The molecule has 0 aromatic carbocycles. The summed E-state index contributed by atoms with van der Waals surface area (Å²) >= 11 is 0. The zero-order chi connectivity index (χ0) is 9.90. The van der Waals surface area contributed by atoms with Crippen molar-refractivity contribution >= 4 is 9.04 Å². The van der Waals surface area contributed by atoms with Crippen molar-refractivity contribution in [3.8, 4) is 0 Å². The van der Waals surface area contributed by atoms with E-state index in [2.05, 4.69) is 0 Å². The van der Waals surface area contributed by atoms with Crippen molar-refractivity contribution in [2.75, 3.05) is 6.61 Å². The number of hydrogen-bond acceptors (Lipinski definition) is 3. The average molecular weight is 246 g/mol. The lowest BCUT2D eigenvalue weighted by Gasteiger charge is -2.26. The summed E-state index contributed by atoms with van der Waals surface area (Å²) in [5.41, 5.74) is 0. The van der Waals surface area contributed by atoms with E-state index in [1.807, 2.05) is 0 Å². The third-order valence-electron chi connectivity index (χ3n) is 2.36. The highest BCUT2D eigenvalue weighted by molar-refractivity contribution is 6.52. The molecule has 0 saturated carbocycles. The van der Waals surface area contributed by atoms with Gasteiger partial charge in [0, 0.05) is 12.7 Å². The fourth-order valence-electron chi connectivity index (χ4n) is 1.43. The van der Waals surface area contributed by atoms with Gasteiger partial charge in [-0.25, -0.2) is 13.2 Å². The van der Waals surface area contributed by atoms with E-state index in [-0.39, 0.29) is 18.3 Å². The Balaban J connectivity index is 0. The number of alkyl halides is 3. The van der Waals surface area contributed by atoms with Gasteiger partial charge in [-0.3, -0.25) is 0 Å². The molecule has 1 fully saturated rings. The minimum Gasteiger partial charge on any atom is -0.420 e. The number of hydrogen-bond donors (Lipinski definition) is 2. The van der Waals surface area contributed by atoms with Crippen LogP contribution in [0.25, 0.3) is 0 Å². The summed E-state index contributed by atoms with van der Waals surface area (Å²) in [7, 11) is -1.80. The van der Waals surface area contributed by atoms with Crippen LogP contribution in [0.1, 0.15) is 19.8 Å². The van der Waals surface area contributed by atoms with Gasteiger partial charge in [0.2, 0.25) is 0 Å². The Labute approximate surface area is 90.3 Å². The highest BCUT2D eigenvalue weighted by Gasteiger charge is 2.40. The lowest BCUT2D eigenvalue weighted by Crippen LogP contribution is -2.36. The minimum atomic E-state index is -3.17. The summed E-state index contributed by atoms with van der Waals surface area (Å²) in [6.07, 6.45) is -0.126. The van der Waals surface area contributed by atoms with Crippen molar-refractivity contribution in [1.29, 1.82) is 0 Å². The van der Waals surface area contributed by atoms with Crippen LogP contribution < -0.4 is 12.3 Å². The normalized spacial score (nSPS) is 23.6. The third kappa shape index (κ3) is 5.50. The average Bonchev–Trinajstić information content (AvgIpc) is 2.05. The Bertz CT molecular complexity index is 166. The second-order valence-corrected chi connectivity index (χ2v) is 6.13. The van der Waals surface area contributed by atoms with E-state index in [0.29, 0.717) is 6.61 Å². The maximum absolute atomic E-state index is 12.9. The van der Waals surface area contributed by atoms with E-state index < -0.39 is 21.1 Å². The third-order valence-corrected chi connectivity index (χ3v) is 5.11. The lowest BCUT2D eigenvalue weighted by atomic mass is 10.3. The van der Waals surface area contributed by atoms with Gasteiger partial charge in [-0.2, -0.15) is 0 Å². The molecular formula is C8H21F3N2OSi. The molecule has 7 heteroatoms. The first kappa shape index (κ1) is 17.3. The summed E-state index contributed by atoms with van der Waals surface area (Å²) in [4.78, 5) is 0. The molecule has 1 aliphatic heterocycles. The van der Waals surface area contributed by atoms with Gasteiger partial charge in [0.1, 0.15) is 0 Å². The first-order valence-corrected chi connectivity index (χ1v) is 6.76. The van der Waals surface area contributed by atoms with E-state index in [1.165, 1.54) is 0 Å². The van der Waals surface area contributed by atoms with Gasteiger partial charge in [-0.05, 0) is 19.4 Å². The summed E-state index contributed by atoms with van der Waals surface area (Å²) in [5.74, 6) is -3.17. The van der Waals surface area contributed by atoms with E-state index in [1.54, 1.807) is 0 Å². The Hall–Kier alpha value is -0.113. The molecule has 1 saturated heterocycles. The van der Waals surface area contributed by atoms with Crippen molar-refractivity contribution in [1.82, 2.24) is 12.3 Å². The fraction of sp³-hybridized carbons (Fsp3) is 1.00. The first-order valence-electron chi connectivity index (χ1n) is 4.66. The smallest absolute Gasteiger partial charge is 0.278 e. The maximum atomic E-state index is 12.9. The van der Waals surface area contributed by atoms with E-state index in [9.17, 15) is 13.2 Å². The predicted octanol–water partition coefficient (Wildman–Crippen LogP) is 2.84. The summed E-state index contributed by atoms with van der Waals surface area (Å²) in [5, 5.41) is 0. The van der Waals surface area contributed by atoms with Crippen LogP contribution in [0.4, 0.5) is 13.2 Å². The molecule has 2 atom stereocenters. The summed E-state index contributed by atoms with van der Waals surface area (Å²) < 4.78 is 43.5. The van der Waals surface area contributed by atoms with Gasteiger partial charge in [-0.15, -0.1) is 0 Å². The highest BCUT2D eigenvalue weighted by Crippen LogP contribution is 2.30. The van der Waals surface area contributed by atoms with E-state index in [0.717, 1.165) is 25.8 Å². The Kier molecular flexibility index (Phi) is 8.31. The SMILES string of the molecule is CC(F)C(F)(F)C[SiH]1CCCCO1.N.N. The molecule has 0 amide bonds. The van der Waals surface area contributed by atoms with Crippen molar-refractivity contribution in [3.05, 3.63) is 0 Å². The van der Waals surface area contributed by atoms with Crippen LogP contribution in [-0.2, 0) is 4.43 Å². The first-order chi connectivity index (χ1) is 6.02. The molecular weight excluding hydrogens is 225 g/mol. The standard InChI is InChI=1S/C8H15F3OSi.2H3N/c1-7(9)8(10,11)6-13-5-3-2-4-12-13;;/h7,13H,2-6H2,1H3;2*1H3. The van der Waals surface area contributed by atoms with Crippen LogP contribution in [0.2, 0.25) is 12.1 Å². The molecule has 1 rings (SSSR count). The van der Waals surface area contributed by atoms with Crippen LogP contribution in [0.5, 0.6) is 0 Å². The van der Waals surface area contributed by atoms with Crippen molar-refractivity contribution in [3.63, 3.8) is 0 Å². The molecule has 6 N–H and O–H groups in total. The van der Waals surface area contributed by atoms with Crippen LogP contribution in [0, 0.1) is 0 Å². The van der Waals surface area contributed by atoms with Crippen molar-refractivity contribution in [2.24, 2.45) is 0 Å². The minimum absolute atomic E-state index is 0. The Morgan fingerprint density at radius 1 is 1.33 bits per heavy atom. The Morgan fingerprint density at radius 2 is 1.93 bits per heavy atom. The fourth-order valence-corrected chi connectivity index (χ4v) is 4.10. The van der Waals surface area contributed by atoms with Gasteiger partial charge < -0.3 is 16.7 Å². The molecule has 1 heterocycles. The molecule has 15 heavy (non-hydrogen) atoms. The van der Waals surface area contributed by atoms with Gasteiger partial charge in [0.15, 0.2) is 15.2 Å². The molecule has 0 spiro atoms. The van der Waals surface area contributed by atoms with Crippen LogP contribution in [0.15, 0.2) is 0 Å². The van der Waals surface area contributed by atoms with Gasteiger partial charge >= 0.3 is 0 Å². The van der Waals surface area contributed by atoms with E-state index in [4.69, 9.17) is 4.43 Å². The summed E-state index contributed by atoms with van der Waals surface area (Å²) in [6, 6.07) is 0.424. The summed E-state index contributed by atoms with van der Waals surface area (Å²) in [6.45, 7) is 1.50. The molecule has 0 aliphatic carbocycles. The lowest BCUT2D eigenvalue weighted by molar-refractivity contribution is -0.0500. The quantitative estimate of drug-likeness (QED) is 0.751. The van der Waals surface area contributed by atoms with Crippen LogP contribution >= 0.6 is 0 Å². The van der Waals surface area contributed by atoms with E-state index >= 15 is 0 Å². The Morgan fingerprint density at radius 3 is 2.33 bits per heavy atom. The van der Waals surface area contributed by atoms with Crippen LogP contribution in [-0.4, -0.2) is 27.7 Å². The van der Waals surface area contributed by atoms with Crippen LogP contribution in [0.3, 0.4) is 0 Å². The zero-order valence-electron chi connectivity index (χ0n) is 9.15.